The Morgan fingerprint density at radius 3 is 2.37 bits per heavy atom. The predicted octanol–water partition coefficient (Wildman–Crippen LogP) is 0.516. The molecule has 4 N–H and O–H groups in total. The summed E-state index contributed by atoms with van der Waals surface area (Å²) in [5, 5.41) is 2.85. The number of oxime groups is 1. The molecule has 164 valence electrons. The largest absolute Gasteiger partial charge is 0.449 e. The van der Waals surface area contributed by atoms with Gasteiger partial charge in [0, 0.05) is 11.6 Å². The summed E-state index contributed by atoms with van der Waals surface area (Å²) in [5.74, 6) is -3.65. The van der Waals surface area contributed by atoms with Crippen LogP contribution >= 0.6 is 0 Å². The smallest absolute Gasteiger partial charge is 0.325 e. The molecule has 0 aliphatic rings. The normalized spacial score (nSPS) is 12.6. The molecular weight excluding hydrogens is 447 g/mol. The van der Waals surface area contributed by atoms with Gasteiger partial charge in [-0.1, -0.05) is 6.07 Å². The van der Waals surface area contributed by atoms with E-state index in [0.29, 0.717) is 18.1 Å². The molecule has 2 aromatic rings. The number of nitrogen functional groups attached to an aromatic ring is 1. The van der Waals surface area contributed by atoms with Crippen molar-refractivity contribution < 1.29 is 39.0 Å². The second kappa shape index (κ2) is 8.29. The molecule has 30 heavy (non-hydrogen) atoms. The quantitative estimate of drug-likeness (QED) is 0.347. The molecule has 0 fully saturated rings. The van der Waals surface area contributed by atoms with Crippen molar-refractivity contribution >= 4 is 37.8 Å². The van der Waals surface area contributed by atoms with Crippen molar-refractivity contribution in [1.29, 1.82) is 0 Å². The van der Waals surface area contributed by atoms with Gasteiger partial charge in [0.1, 0.15) is 11.6 Å². The fourth-order valence-corrected chi connectivity index (χ4v) is 2.74. The van der Waals surface area contributed by atoms with Crippen LogP contribution in [0.3, 0.4) is 0 Å². The maximum absolute atomic E-state index is 13.6. The number of rotatable bonds is 6. The maximum Gasteiger partial charge on any atom is 0.325 e. The first-order valence-corrected chi connectivity index (χ1v) is 11.4. The minimum atomic E-state index is -4.34. The Kier molecular flexibility index (Phi) is 6.39. The number of aryl methyl sites for hydroxylation is 1. The van der Waals surface area contributed by atoms with Gasteiger partial charge in [-0.2, -0.15) is 16.8 Å². The minimum Gasteiger partial charge on any atom is -0.449 e. The van der Waals surface area contributed by atoms with Crippen LogP contribution in [0.5, 0.6) is 0 Å². The van der Waals surface area contributed by atoms with Crippen molar-refractivity contribution in [3.05, 3.63) is 41.4 Å². The number of nitrogens with zero attached hydrogens (tertiary/aromatic N) is 2. The Morgan fingerprint density at radius 1 is 1.17 bits per heavy atom. The number of benzene rings is 1. The van der Waals surface area contributed by atoms with Crippen molar-refractivity contribution in [3.63, 3.8) is 0 Å². The standard InChI is InChI=1S/C15H17FN4O8S2/c1-8-4-5-9(16)6-10(8)12-7-11(17)13(26-12)14(21)20(28-30(3,24)25)15(18)19-27-29(2,22)23/h4-7H,17H2,1-3H3,(H2,18,19). The highest BCUT2D eigenvalue weighted by Gasteiger charge is 2.31. The molecule has 0 atom stereocenters. The monoisotopic (exact) mass is 464 g/mol. The van der Waals surface area contributed by atoms with Gasteiger partial charge in [-0.05, 0) is 29.8 Å². The number of amides is 1. The van der Waals surface area contributed by atoms with Gasteiger partial charge < -0.3 is 15.9 Å². The number of furan rings is 1. The molecule has 1 aromatic carbocycles. The van der Waals surface area contributed by atoms with E-state index in [2.05, 4.69) is 13.7 Å². The van der Waals surface area contributed by atoms with Crippen LogP contribution < -0.4 is 11.5 Å². The van der Waals surface area contributed by atoms with Gasteiger partial charge in [0.05, 0.1) is 18.2 Å². The van der Waals surface area contributed by atoms with Crippen LogP contribution in [0.2, 0.25) is 0 Å². The van der Waals surface area contributed by atoms with Gasteiger partial charge in [-0.3, -0.25) is 9.08 Å². The second-order valence-corrected chi connectivity index (χ2v) is 9.08. The molecule has 0 aliphatic heterocycles. The first-order chi connectivity index (χ1) is 13.7. The number of hydroxylamine groups is 2. The number of carbonyl (C=O) groups is 1. The van der Waals surface area contributed by atoms with Crippen LogP contribution in [0.4, 0.5) is 10.1 Å². The molecular formula is C15H17FN4O8S2. The fraction of sp³-hybridized carbons (Fsp3) is 0.200. The van der Waals surface area contributed by atoms with Crippen LogP contribution in [-0.2, 0) is 28.8 Å². The molecule has 1 amide bonds. The lowest BCUT2D eigenvalue weighted by molar-refractivity contribution is 0.0164. The van der Waals surface area contributed by atoms with E-state index in [9.17, 15) is 26.0 Å². The molecule has 0 radical (unpaired) electrons. The van der Waals surface area contributed by atoms with Crippen LogP contribution in [0.25, 0.3) is 11.3 Å². The number of nitrogens with two attached hydrogens (primary N) is 2. The number of halogens is 1. The van der Waals surface area contributed by atoms with E-state index < -0.39 is 43.7 Å². The van der Waals surface area contributed by atoms with Crippen molar-refractivity contribution in [3.8, 4) is 11.3 Å². The maximum atomic E-state index is 13.6. The van der Waals surface area contributed by atoms with E-state index in [1.54, 1.807) is 6.92 Å². The molecule has 0 saturated carbocycles. The lowest BCUT2D eigenvalue weighted by Crippen LogP contribution is -2.43. The summed E-state index contributed by atoms with van der Waals surface area (Å²) < 4.78 is 72.5. The summed E-state index contributed by atoms with van der Waals surface area (Å²) in [6.07, 6.45) is 1.22. The third-order valence-electron chi connectivity index (χ3n) is 3.29. The molecule has 0 bridgehead atoms. The summed E-state index contributed by atoms with van der Waals surface area (Å²) in [4.78, 5) is 12.7. The van der Waals surface area contributed by atoms with E-state index in [1.165, 1.54) is 18.2 Å². The van der Waals surface area contributed by atoms with Crippen molar-refractivity contribution in [1.82, 2.24) is 5.06 Å². The van der Waals surface area contributed by atoms with Crippen molar-refractivity contribution in [2.75, 3.05) is 18.2 Å². The molecule has 2 rings (SSSR count). The van der Waals surface area contributed by atoms with Gasteiger partial charge in [0.25, 0.3) is 16.1 Å². The average Bonchev–Trinajstić information content (AvgIpc) is 2.99. The van der Waals surface area contributed by atoms with Crippen molar-refractivity contribution in [2.24, 2.45) is 10.9 Å². The first kappa shape index (κ1) is 23.1. The van der Waals surface area contributed by atoms with E-state index in [-0.39, 0.29) is 22.1 Å². The number of hydrogen-bond acceptors (Lipinski definition) is 10. The predicted molar refractivity (Wildman–Crippen MR) is 103 cm³/mol. The van der Waals surface area contributed by atoms with E-state index in [4.69, 9.17) is 15.9 Å². The lowest BCUT2D eigenvalue weighted by Gasteiger charge is -2.17. The van der Waals surface area contributed by atoms with Gasteiger partial charge in [0.15, 0.2) is 0 Å². The molecule has 0 unspecified atom stereocenters. The Balaban J connectivity index is 2.50. The Morgan fingerprint density at radius 2 is 1.80 bits per heavy atom. The van der Waals surface area contributed by atoms with Crippen LogP contribution in [-0.4, -0.2) is 46.3 Å². The number of guanidine groups is 1. The van der Waals surface area contributed by atoms with E-state index >= 15 is 0 Å². The zero-order valence-electron chi connectivity index (χ0n) is 15.8. The highest BCUT2D eigenvalue weighted by Crippen LogP contribution is 2.31. The average molecular weight is 464 g/mol. The number of hydrogen-bond donors (Lipinski definition) is 2. The zero-order chi connectivity index (χ0) is 22.9. The SMILES string of the molecule is Cc1ccc(F)cc1-c1cc(N)c(C(=O)N(OS(C)(=O)=O)/C(N)=N/OS(C)(=O)=O)o1. The third-order valence-corrected chi connectivity index (χ3v) is 4.05. The fourth-order valence-electron chi connectivity index (χ4n) is 2.11. The van der Waals surface area contributed by atoms with E-state index in [0.717, 1.165) is 6.07 Å². The summed E-state index contributed by atoms with van der Waals surface area (Å²) >= 11 is 0. The molecule has 1 aromatic heterocycles. The molecule has 0 saturated heterocycles. The molecule has 0 aliphatic carbocycles. The number of carbonyl (C=O) groups excluding carboxylic acids is 1. The van der Waals surface area contributed by atoms with Crippen LogP contribution in [0, 0.1) is 12.7 Å². The minimum absolute atomic E-state index is 0.00458. The highest BCUT2D eigenvalue weighted by atomic mass is 32.2. The van der Waals surface area contributed by atoms with Gasteiger partial charge in [0.2, 0.25) is 5.76 Å². The summed E-state index contributed by atoms with van der Waals surface area (Å²) in [7, 11) is -8.47. The zero-order valence-corrected chi connectivity index (χ0v) is 17.5. The Bertz CT molecular complexity index is 1220. The van der Waals surface area contributed by atoms with Crippen LogP contribution in [0.15, 0.2) is 33.8 Å². The van der Waals surface area contributed by atoms with Gasteiger partial charge in [-0.15, -0.1) is 9.35 Å². The third kappa shape index (κ3) is 5.91. The summed E-state index contributed by atoms with van der Waals surface area (Å²) in [6, 6.07) is 5.03. The summed E-state index contributed by atoms with van der Waals surface area (Å²) in [6.45, 7) is 1.65. The molecule has 0 spiro atoms. The Hall–Kier alpha value is -3.17. The van der Waals surface area contributed by atoms with Gasteiger partial charge >= 0.3 is 16.0 Å². The Labute approximate surface area is 171 Å². The molecule has 15 heteroatoms. The highest BCUT2D eigenvalue weighted by molar-refractivity contribution is 7.86. The number of anilines is 1. The first-order valence-electron chi connectivity index (χ1n) is 7.80. The molecule has 1 heterocycles. The molecule has 12 nitrogen and oxygen atoms in total. The van der Waals surface area contributed by atoms with Crippen molar-refractivity contribution in [2.45, 2.75) is 6.92 Å². The van der Waals surface area contributed by atoms with Crippen LogP contribution in [0.1, 0.15) is 16.1 Å². The lowest BCUT2D eigenvalue weighted by atomic mass is 10.1. The van der Waals surface area contributed by atoms with Gasteiger partial charge in [-0.25, -0.2) is 4.39 Å². The topological polar surface area (TPSA) is 185 Å². The summed E-state index contributed by atoms with van der Waals surface area (Å²) in [5.41, 5.74) is 11.8. The second-order valence-electron chi connectivity index (χ2n) is 5.96. The van der Waals surface area contributed by atoms with E-state index in [1.807, 2.05) is 0 Å².